The first kappa shape index (κ1) is 14.8. The fraction of sp³-hybridized carbons (Fsp3) is 0.600. The highest BCUT2D eigenvalue weighted by Crippen LogP contribution is 2.31. The lowest BCUT2D eigenvalue weighted by Gasteiger charge is -2.40. The number of rotatable bonds is 4. The molecule has 1 heterocycles. The van der Waals surface area contributed by atoms with Crippen molar-refractivity contribution in [1.82, 2.24) is 4.90 Å². The van der Waals surface area contributed by atoms with Crippen molar-refractivity contribution in [3.05, 3.63) is 34.9 Å². The van der Waals surface area contributed by atoms with Gasteiger partial charge in [-0.2, -0.15) is 0 Å². The molecular formula is C15H23ClN2O. The van der Waals surface area contributed by atoms with Crippen LogP contribution in [0.2, 0.25) is 5.02 Å². The zero-order chi connectivity index (χ0) is 13.8. The number of likely N-dealkylation sites (tertiary alicyclic amines) is 1. The van der Waals surface area contributed by atoms with Gasteiger partial charge in [0.05, 0.1) is 12.1 Å². The molecule has 0 aromatic heterocycles. The summed E-state index contributed by atoms with van der Waals surface area (Å²) in [5.74, 6) is 0. The van der Waals surface area contributed by atoms with Crippen molar-refractivity contribution in [2.75, 3.05) is 20.2 Å². The highest BCUT2D eigenvalue weighted by atomic mass is 35.5. The van der Waals surface area contributed by atoms with Gasteiger partial charge in [-0.05, 0) is 37.9 Å². The fourth-order valence-corrected chi connectivity index (χ4v) is 3.19. The van der Waals surface area contributed by atoms with Crippen LogP contribution < -0.4 is 5.73 Å². The standard InChI is InChI=1S/C15H23ClN2O/c1-11(17)15(13-7-3-4-8-14(13)16)18-9-5-6-12(10-18)19-2/h3-4,7-8,11-12,15H,5-6,9-10,17H2,1-2H3. The maximum atomic E-state index is 6.34. The number of nitrogens with two attached hydrogens (primary N) is 1. The molecule has 2 N–H and O–H groups in total. The predicted molar refractivity (Wildman–Crippen MR) is 79.4 cm³/mol. The number of hydrogen-bond donors (Lipinski definition) is 1. The van der Waals surface area contributed by atoms with Gasteiger partial charge in [0.2, 0.25) is 0 Å². The minimum atomic E-state index is 0.0375. The van der Waals surface area contributed by atoms with Crippen molar-refractivity contribution in [2.45, 2.75) is 38.0 Å². The fourth-order valence-electron chi connectivity index (χ4n) is 2.94. The Hall–Kier alpha value is -0.610. The van der Waals surface area contributed by atoms with Crippen LogP contribution in [0, 0.1) is 0 Å². The summed E-state index contributed by atoms with van der Waals surface area (Å²) in [7, 11) is 1.78. The molecule has 0 aliphatic carbocycles. The topological polar surface area (TPSA) is 38.5 Å². The molecule has 1 aliphatic rings. The van der Waals surface area contributed by atoms with Crippen molar-refractivity contribution in [1.29, 1.82) is 0 Å². The van der Waals surface area contributed by atoms with Gasteiger partial charge in [-0.25, -0.2) is 0 Å². The summed E-state index contributed by atoms with van der Waals surface area (Å²) in [6.45, 7) is 4.02. The molecule has 1 aromatic carbocycles. The molecule has 3 atom stereocenters. The molecule has 3 nitrogen and oxygen atoms in total. The van der Waals surface area contributed by atoms with E-state index in [4.69, 9.17) is 22.1 Å². The van der Waals surface area contributed by atoms with Crippen LogP contribution in [0.3, 0.4) is 0 Å². The SMILES string of the molecule is COC1CCCN(C(c2ccccc2Cl)C(C)N)C1. The average molecular weight is 283 g/mol. The normalized spacial score (nSPS) is 24.1. The third kappa shape index (κ3) is 3.48. The monoisotopic (exact) mass is 282 g/mol. The summed E-state index contributed by atoms with van der Waals surface area (Å²) < 4.78 is 5.50. The molecule has 0 amide bonds. The highest BCUT2D eigenvalue weighted by molar-refractivity contribution is 6.31. The Balaban J connectivity index is 2.23. The van der Waals surface area contributed by atoms with E-state index in [-0.39, 0.29) is 12.1 Å². The van der Waals surface area contributed by atoms with Crippen LogP contribution in [-0.2, 0) is 4.74 Å². The van der Waals surface area contributed by atoms with E-state index in [0.29, 0.717) is 6.10 Å². The molecule has 1 fully saturated rings. The Morgan fingerprint density at radius 2 is 2.16 bits per heavy atom. The van der Waals surface area contributed by atoms with Gasteiger partial charge in [-0.15, -0.1) is 0 Å². The Kier molecular flexibility index (Phi) is 5.22. The maximum absolute atomic E-state index is 6.34. The summed E-state index contributed by atoms with van der Waals surface area (Å²) in [6, 6.07) is 8.19. The molecule has 0 bridgehead atoms. The minimum absolute atomic E-state index is 0.0375. The largest absolute Gasteiger partial charge is 0.380 e. The van der Waals surface area contributed by atoms with Crippen LogP contribution in [0.15, 0.2) is 24.3 Å². The number of halogens is 1. The first-order chi connectivity index (χ1) is 9.13. The van der Waals surface area contributed by atoms with Crippen LogP contribution >= 0.6 is 11.6 Å². The van der Waals surface area contributed by atoms with Gasteiger partial charge in [-0.1, -0.05) is 29.8 Å². The lowest BCUT2D eigenvalue weighted by atomic mass is 9.96. The van der Waals surface area contributed by atoms with Crippen LogP contribution in [0.5, 0.6) is 0 Å². The zero-order valence-corrected chi connectivity index (χ0v) is 12.4. The van der Waals surface area contributed by atoms with Crippen LogP contribution in [-0.4, -0.2) is 37.2 Å². The predicted octanol–water partition coefficient (Wildman–Crippen LogP) is 2.84. The van der Waals surface area contributed by atoms with Gasteiger partial charge < -0.3 is 10.5 Å². The second-order valence-corrected chi connectivity index (χ2v) is 5.73. The van der Waals surface area contributed by atoms with Crippen molar-refractivity contribution < 1.29 is 4.74 Å². The van der Waals surface area contributed by atoms with Gasteiger partial charge >= 0.3 is 0 Å². The van der Waals surface area contributed by atoms with E-state index in [2.05, 4.69) is 11.0 Å². The van der Waals surface area contributed by atoms with E-state index < -0.39 is 0 Å². The highest BCUT2D eigenvalue weighted by Gasteiger charge is 2.30. The number of piperidine rings is 1. The average Bonchev–Trinajstić information content (AvgIpc) is 2.41. The van der Waals surface area contributed by atoms with E-state index in [1.165, 1.54) is 0 Å². The third-order valence-electron chi connectivity index (χ3n) is 3.86. The minimum Gasteiger partial charge on any atom is -0.380 e. The summed E-state index contributed by atoms with van der Waals surface area (Å²) >= 11 is 6.34. The lowest BCUT2D eigenvalue weighted by Crippen LogP contribution is -2.46. The summed E-state index contributed by atoms with van der Waals surface area (Å²) in [5, 5.41) is 0.796. The van der Waals surface area contributed by atoms with Crippen molar-refractivity contribution in [2.24, 2.45) is 5.73 Å². The van der Waals surface area contributed by atoms with Crippen LogP contribution in [0.4, 0.5) is 0 Å². The first-order valence-electron chi connectivity index (χ1n) is 6.90. The lowest BCUT2D eigenvalue weighted by molar-refractivity contribution is 0.0103. The van der Waals surface area contributed by atoms with E-state index in [9.17, 15) is 0 Å². The number of nitrogens with zero attached hydrogens (tertiary/aromatic N) is 1. The first-order valence-corrected chi connectivity index (χ1v) is 7.28. The van der Waals surface area contributed by atoms with Crippen LogP contribution in [0.1, 0.15) is 31.4 Å². The van der Waals surface area contributed by atoms with E-state index in [1.54, 1.807) is 7.11 Å². The van der Waals surface area contributed by atoms with E-state index >= 15 is 0 Å². The van der Waals surface area contributed by atoms with Gasteiger partial charge in [0.15, 0.2) is 0 Å². The molecular weight excluding hydrogens is 260 g/mol. The number of methoxy groups -OCH3 is 1. The summed E-state index contributed by atoms with van der Waals surface area (Å²) in [5.41, 5.74) is 7.34. The van der Waals surface area contributed by atoms with Crippen molar-refractivity contribution in [3.8, 4) is 0 Å². The van der Waals surface area contributed by atoms with Gasteiger partial charge in [0.1, 0.15) is 0 Å². The van der Waals surface area contributed by atoms with E-state index in [1.807, 2.05) is 25.1 Å². The Morgan fingerprint density at radius 3 is 2.79 bits per heavy atom. The third-order valence-corrected chi connectivity index (χ3v) is 4.20. The maximum Gasteiger partial charge on any atom is 0.0698 e. The van der Waals surface area contributed by atoms with Gasteiger partial charge in [-0.3, -0.25) is 4.90 Å². The van der Waals surface area contributed by atoms with Crippen LogP contribution in [0.25, 0.3) is 0 Å². The molecule has 2 rings (SSSR count). The number of hydrogen-bond acceptors (Lipinski definition) is 3. The zero-order valence-electron chi connectivity index (χ0n) is 11.7. The smallest absolute Gasteiger partial charge is 0.0698 e. The molecule has 1 saturated heterocycles. The van der Waals surface area contributed by atoms with Gasteiger partial charge in [0.25, 0.3) is 0 Å². The summed E-state index contributed by atoms with van der Waals surface area (Å²) in [4.78, 5) is 2.41. The molecule has 0 spiro atoms. The molecule has 4 heteroatoms. The Morgan fingerprint density at radius 1 is 1.42 bits per heavy atom. The molecule has 106 valence electrons. The summed E-state index contributed by atoms with van der Waals surface area (Å²) in [6.07, 6.45) is 2.57. The quantitative estimate of drug-likeness (QED) is 0.923. The van der Waals surface area contributed by atoms with Gasteiger partial charge in [0, 0.05) is 24.7 Å². The van der Waals surface area contributed by atoms with Crippen molar-refractivity contribution in [3.63, 3.8) is 0 Å². The molecule has 1 aromatic rings. The molecule has 19 heavy (non-hydrogen) atoms. The molecule has 0 saturated carbocycles. The Labute approximate surface area is 120 Å². The number of ether oxygens (including phenoxy) is 1. The Bertz CT molecular complexity index is 411. The molecule has 3 unspecified atom stereocenters. The number of benzene rings is 1. The molecule has 1 aliphatic heterocycles. The second-order valence-electron chi connectivity index (χ2n) is 5.32. The van der Waals surface area contributed by atoms with Crippen molar-refractivity contribution >= 4 is 11.6 Å². The molecule has 0 radical (unpaired) electrons. The van der Waals surface area contributed by atoms with E-state index in [0.717, 1.165) is 36.5 Å². The second kappa shape index (κ2) is 6.71.